The Kier molecular flexibility index (Phi) is 7.37. The van der Waals surface area contributed by atoms with Crippen LogP contribution in [-0.2, 0) is 0 Å². The van der Waals surface area contributed by atoms with Crippen LogP contribution < -0.4 is 0 Å². The number of allylic oxidation sites excluding steroid dienone is 1. The van der Waals surface area contributed by atoms with E-state index in [1.807, 2.05) is 13.1 Å². The maximum absolute atomic E-state index is 10.5. The maximum atomic E-state index is 10.5. The summed E-state index contributed by atoms with van der Waals surface area (Å²) in [5.74, 6) is 0. The van der Waals surface area contributed by atoms with Crippen LogP contribution in [-0.4, -0.2) is 45.4 Å². The fraction of sp³-hybridized carbons (Fsp3) is 0.846. The number of nitrogens with zero attached hydrogens (tertiary/aromatic N) is 1. The van der Waals surface area contributed by atoms with Gasteiger partial charge in [0.1, 0.15) is 0 Å². The van der Waals surface area contributed by atoms with Crippen LogP contribution in [0.1, 0.15) is 27.2 Å². The van der Waals surface area contributed by atoms with Gasteiger partial charge in [-0.1, -0.05) is 38.6 Å². The van der Waals surface area contributed by atoms with Gasteiger partial charge in [-0.25, -0.2) is 0 Å². The van der Waals surface area contributed by atoms with Crippen molar-refractivity contribution in [3.05, 3.63) is 10.7 Å². The van der Waals surface area contributed by atoms with Crippen LogP contribution in [0.25, 0.3) is 0 Å². The third-order valence-electron chi connectivity index (χ3n) is 3.46. The minimum Gasteiger partial charge on any atom is -0.428 e. The van der Waals surface area contributed by atoms with Gasteiger partial charge in [-0.05, 0) is 33.6 Å². The predicted molar refractivity (Wildman–Crippen MR) is 82.3 cm³/mol. The molecule has 0 saturated heterocycles. The molecule has 0 spiro atoms. The lowest BCUT2D eigenvalue weighted by atomic mass is 9.40. The Hall–Kier alpha value is -0.0582. The Bertz CT molecular complexity index is 255. The molecule has 1 N–H and O–H groups in total. The molecule has 0 rings (SSSR count). The third-order valence-corrected chi connectivity index (χ3v) is 5.42. The fourth-order valence-electron chi connectivity index (χ4n) is 2.53. The highest BCUT2D eigenvalue weighted by atomic mass is 28.4. The largest absolute Gasteiger partial charge is 0.428 e. The number of rotatable bonds is 7. The minimum atomic E-state index is -2.19. The Morgan fingerprint density at radius 3 is 1.82 bits per heavy atom. The van der Waals surface area contributed by atoms with Gasteiger partial charge < -0.3 is 9.70 Å². The topological polar surface area (TPSA) is 23.5 Å². The summed E-state index contributed by atoms with van der Waals surface area (Å²) in [5, 5.41) is 1.35. The molecule has 0 aromatic heterocycles. The van der Waals surface area contributed by atoms with Crippen molar-refractivity contribution < 1.29 is 4.80 Å². The highest BCUT2D eigenvalue weighted by Gasteiger charge is 2.29. The van der Waals surface area contributed by atoms with Crippen LogP contribution in [0.5, 0.6) is 0 Å². The number of hydrogen-bond acceptors (Lipinski definition) is 2. The maximum Gasteiger partial charge on any atom is 0.210 e. The SMILES string of the molecule is CCB(CC)/C(CC)=C(\CN(C)C)[Si](C)(C)O. The molecule has 0 fully saturated rings. The highest BCUT2D eigenvalue weighted by Crippen LogP contribution is 2.24. The lowest BCUT2D eigenvalue weighted by Gasteiger charge is -2.28. The van der Waals surface area contributed by atoms with E-state index in [1.54, 1.807) is 0 Å². The molecule has 0 unspecified atom stereocenters. The molecular formula is C13H30BNOSi. The molecule has 4 heteroatoms. The van der Waals surface area contributed by atoms with Gasteiger partial charge in [0, 0.05) is 6.54 Å². The molecule has 2 nitrogen and oxygen atoms in total. The summed E-state index contributed by atoms with van der Waals surface area (Å²) in [4.78, 5) is 12.7. The fourth-order valence-corrected chi connectivity index (χ4v) is 4.40. The predicted octanol–water partition coefficient (Wildman–Crippen LogP) is 3.07. The average molecular weight is 255 g/mol. The number of hydrogen-bond donors (Lipinski definition) is 1. The molecule has 0 heterocycles. The second kappa shape index (κ2) is 7.39. The van der Waals surface area contributed by atoms with Crippen molar-refractivity contribution in [3.63, 3.8) is 0 Å². The molecule has 0 aliphatic carbocycles. The van der Waals surface area contributed by atoms with Gasteiger partial charge in [0.2, 0.25) is 8.32 Å². The van der Waals surface area contributed by atoms with E-state index < -0.39 is 8.32 Å². The normalized spacial score (nSPS) is 13.9. The Labute approximate surface area is 109 Å². The lowest BCUT2D eigenvalue weighted by molar-refractivity contribution is 0.442. The summed E-state index contributed by atoms with van der Waals surface area (Å²) in [6, 6.07) is 0. The van der Waals surface area contributed by atoms with Gasteiger partial charge in [0.25, 0.3) is 0 Å². The minimum absolute atomic E-state index is 0.647. The average Bonchev–Trinajstić information content (AvgIpc) is 2.21. The van der Waals surface area contributed by atoms with Crippen molar-refractivity contribution in [1.29, 1.82) is 0 Å². The summed E-state index contributed by atoms with van der Waals surface area (Å²) < 4.78 is 0. The molecule has 0 aliphatic heterocycles. The van der Waals surface area contributed by atoms with E-state index in [9.17, 15) is 4.80 Å². The third kappa shape index (κ3) is 5.41. The smallest absolute Gasteiger partial charge is 0.210 e. The summed E-state index contributed by atoms with van der Waals surface area (Å²) in [7, 11) is 1.98. The lowest BCUT2D eigenvalue weighted by Crippen LogP contribution is -2.38. The van der Waals surface area contributed by atoms with Gasteiger partial charge in [-0.15, -0.1) is 5.47 Å². The van der Waals surface area contributed by atoms with Gasteiger partial charge >= 0.3 is 0 Å². The zero-order chi connectivity index (χ0) is 13.6. The van der Waals surface area contributed by atoms with E-state index in [0.29, 0.717) is 6.71 Å². The van der Waals surface area contributed by atoms with Crippen molar-refractivity contribution >= 4 is 15.0 Å². The van der Waals surface area contributed by atoms with E-state index in [1.165, 1.54) is 23.3 Å². The van der Waals surface area contributed by atoms with Crippen molar-refractivity contribution in [2.75, 3.05) is 20.6 Å². The molecule has 0 aromatic rings. The summed E-state index contributed by atoms with van der Waals surface area (Å²) in [5.41, 5.74) is 1.52. The summed E-state index contributed by atoms with van der Waals surface area (Å²) >= 11 is 0. The Morgan fingerprint density at radius 2 is 1.59 bits per heavy atom. The first kappa shape index (κ1) is 16.9. The molecule has 100 valence electrons. The van der Waals surface area contributed by atoms with E-state index in [4.69, 9.17) is 0 Å². The zero-order valence-electron chi connectivity index (χ0n) is 12.8. The van der Waals surface area contributed by atoms with Gasteiger partial charge in [-0.3, -0.25) is 0 Å². The van der Waals surface area contributed by atoms with E-state index in [2.05, 4.69) is 39.8 Å². The number of likely N-dealkylation sites (N-methyl/N-ethyl adjacent to an activating group) is 1. The Morgan fingerprint density at radius 1 is 1.12 bits per heavy atom. The van der Waals surface area contributed by atoms with Gasteiger partial charge in [-0.2, -0.15) is 0 Å². The monoisotopic (exact) mass is 255 g/mol. The molecule has 0 amide bonds. The molecule has 0 aliphatic rings. The summed E-state index contributed by atoms with van der Waals surface area (Å²) in [6.45, 7) is 12.4. The van der Waals surface area contributed by atoms with Crippen molar-refractivity contribution in [1.82, 2.24) is 4.90 Å². The van der Waals surface area contributed by atoms with Crippen LogP contribution in [0.4, 0.5) is 0 Å². The van der Waals surface area contributed by atoms with E-state index in [-0.39, 0.29) is 0 Å². The zero-order valence-corrected chi connectivity index (χ0v) is 13.8. The second-order valence-corrected chi connectivity index (χ2v) is 9.39. The second-order valence-electron chi connectivity index (χ2n) is 5.67. The standard InChI is InChI=1S/C13H30BNOSi/c1-8-12(14(9-2)10-3)13(11-15(4)5)17(6,7)16/h16H,8-11H2,1-7H3/b13-12+. The van der Waals surface area contributed by atoms with E-state index >= 15 is 0 Å². The molecule has 0 atom stereocenters. The quantitative estimate of drug-likeness (QED) is 0.707. The molecule has 0 bridgehead atoms. The molecule has 0 radical (unpaired) electrons. The van der Waals surface area contributed by atoms with Gasteiger partial charge in [0.05, 0.1) is 0 Å². The van der Waals surface area contributed by atoms with Crippen LogP contribution in [0.3, 0.4) is 0 Å². The molecular weight excluding hydrogens is 225 g/mol. The first-order valence-corrected chi connectivity index (χ1v) is 9.82. The van der Waals surface area contributed by atoms with E-state index in [0.717, 1.165) is 13.0 Å². The van der Waals surface area contributed by atoms with Crippen molar-refractivity contribution in [2.45, 2.75) is 52.9 Å². The molecule has 17 heavy (non-hydrogen) atoms. The van der Waals surface area contributed by atoms with Crippen LogP contribution in [0.15, 0.2) is 10.7 Å². The van der Waals surface area contributed by atoms with Gasteiger partial charge in [0.15, 0.2) is 6.71 Å². The first-order chi connectivity index (χ1) is 7.77. The Balaban J connectivity index is 5.43. The van der Waals surface area contributed by atoms with Crippen molar-refractivity contribution in [3.8, 4) is 0 Å². The molecule has 0 aromatic carbocycles. The highest BCUT2D eigenvalue weighted by molar-refractivity contribution is 6.80. The van der Waals surface area contributed by atoms with Crippen LogP contribution in [0, 0.1) is 0 Å². The van der Waals surface area contributed by atoms with Crippen LogP contribution in [0.2, 0.25) is 25.7 Å². The summed E-state index contributed by atoms with van der Waals surface area (Å²) in [6.07, 6.45) is 3.44. The van der Waals surface area contributed by atoms with Crippen LogP contribution >= 0.6 is 0 Å². The molecule has 0 saturated carbocycles. The van der Waals surface area contributed by atoms with Crippen molar-refractivity contribution in [2.24, 2.45) is 0 Å². The first-order valence-electron chi connectivity index (χ1n) is 6.87.